The van der Waals surface area contributed by atoms with Crippen LogP contribution in [0, 0.1) is 6.07 Å². The Morgan fingerprint density at radius 2 is 1.16 bits per heavy atom. The van der Waals surface area contributed by atoms with E-state index in [0.717, 1.165) is 33.9 Å². The van der Waals surface area contributed by atoms with Gasteiger partial charge in [-0.25, -0.2) is 4.98 Å². The Morgan fingerprint density at radius 1 is 0.540 bits per heavy atom. The number of phenols is 1. The molecule has 8 rings (SSSR count). The monoisotopic (exact) mass is 1030 g/mol. The average molecular weight is 1030 g/mol. The normalized spacial score (nSPS) is 17.8. The van der Waals surface area contributed by atoms with Crippen molar-refractivity contribution in [1.82, 2.24) is 14.5 Å². The first-order chi connectivity index (χ1) is 36.7. The van der Waals surface area contributed by atoms with Crippen molar-refractivity contribution in [2.75, 3.05) is 0 Å². The van der Waals surface area contributed by atoms with Gasteiger partial charge in [-0.3, -0.25) is 9.55 Å². The molecule has 0 fully saturated rings. The number of nitrogens with zero attached hydrogens (tertiary/aromatic N) is 3. The van der Waals surface area contributed by atoms with Crippen molar-refractivity contribution in [3.63, 3.8) is 0 Å². The fourth-order valence-electron chi connectivity index (χ4n) is 7.86. The van der Waals surface area contributed by atoms with Crippen LogP contribution in [0.15, 0.2) is 140 Å². The minimum Gasteiger partial charge on any atom is -0.507 e. The van der Waals surface area contributed by atoms with Crippen molar-refractivity contribution in [1.29, 1.82) is 0 Å². The zero-order valence-corrected chi connectivity index (χ0v) is 38.2. The van der Waals surface area contributed by atoms with Crippen molar-refractivity contribution in [2.45, 2.75) is 104 Å². The molecular formula is C58H60N3OPt-. The molecule has 0 aliphatic rings. The van der Waals surface area contributed by atoms with Crippen LogP contribution < -0.4 is 0 Å². The SMILES string of the molecule is [2H]C([2H])([2H])C(c1cc(-c2nc3c(-c4[c-]c(-c5cc(-c6ccccc6)ccn5)cc(C(C)(C)C)c4)cccc3n2-c2ccc(-c3ccccc3)cc2C(C)(C)C)c(O)c(C(C([2H])([2H])[2H])(C([2H])([2H])[2H])C([2H])([2H])[2H])c1)(C([2H])([2H])[2H])C([2H])([2H])[2H].[Pt]. The number of para-hydroxylation sites is 1. The van der Waals surface area contributed by atoms with Crippen LogP contribution in [0.4, 0.5) is 0 Å². The molecule has 8 aromatic rings. The fourth-order valence-corrected chi connectivity index (χ4v) is 7.86. The molecule has 2 heterocycles. The summed E-state index contributed by atoms with van der Waals surface area (Å²) in [7, 11) is 0. The summed E-state index contributed by atoms with van der Waals surface area (Å²) in [6, 6.07) is 42.2. The molecule has 4 nitrogen and oxygen atoms in total. The molecule has 2 aromatic heterocycles. The molecule has 0 saturated heterocycles. The Bertz CT molecular complexity index is 3550. The summed E-state index contributed by atoms with van der Waals surface area (Å²) in [4.78, 5) is 9.96. The number of pyridine rings is 1. The molecule has 0 aliphatic heterocycles. The molecule has 1 N–H and O–H groups in total. The maximum atomic E-state index is 13.0. The van der Waals surface area contributed by atoms with Crippen molar-refractivity contribution >= 4 is 11.0 Å². The van der Waals surface area contributed by atoms with E-state index in [0.29, 0.717) is 39.7 Å². The number of phenolic OH excluding ortho intramolecular Hbond substituents is 1. The molecule has 0 bridgehead atoms. The third kappa shape index (κ3) is 9.11. The number of hydrogen-bond acceptors (Lipinski definition) is 3. The summed E-state index contributed by atoms with van der Waals surface area (Å²) in [5.74, 6) is -1.75. The van der Waals surface area contributed by atoms with Crippen molar-refractivity contribution in [3.05, 3.63) is 168 Å². The van der Waals surface area contributed by atoms with Crippen LogP contribution in [0.1, 0.15) is 130 Å². The van der Waals surface area contributed by atoms with Crippen LogP contribution in [-0.4, -0.2) is 19.6 Å². The molecule has 6 aromatic carbocycles. The minimum absolute atomic E-state index is 0. The zero-order valence-electron chi connectivity index (χ0n) is 53.9. The number of hydrogen-bond donors (Lipinski definition) is 1. The van der Waals surface area contributed by atoms with Gasteiger partial charge in [0, 0.05) is 63.2 Å². The van der Waals surface area contributed by atoms with E-state index in [2.05, 4.69) is 6.07 Å². The van der Waals surface area contributed by atoms with E-state index in [-0.39, 0.29) is 32.1 Å². The molecule has 5 heteroatoms. The molecule has 0 radical (unpaired) electrons. The maximum absolute atomic E-state index is 13.0. The van der Waals surface area contributed by atoms with E-state index in [1.54, 1.807) is 35.0 Å². The van der Waals surface area contributed by atoms with Gasteiger partial charge in [0.2, 0.25) is 0 Å². The Hall–Kier alpha value is -5.57. The van der Waals surface area contributed by atoms with Crippen molar-refractivity contribution in [3.8, 4) is 67.5 Å². The zero-order chi connectivity index (χ0) is 59.4. The Balaban J connectivity index is 0.00000946. The largest absolute Gasteiger partial charge is 0.507 e. The number of fused-ring (bicyclic) bond motifs is 1. The molecule has 0 spiro atoms. The predicted octanol–water partition coefficient (Wildman–Crippen LogP) is 15.4. The smallest absolute Gasteiger partial charge is 0.148 e. The van der Waals surface area contributed by atoms with Gasteiger partial charge in [-0.15, -0.1) is 29.3 Å². The first-order valence-electron chi connectivity index (χ1n) is 29.4. The second-order valence-corrected chi connectivity index (χ2v) is 18.0. The Kier molecular flexibility index (Phi) is 7.38. The first kappa shape index (κ1) is 27.6. The summed E-state index contributed by atoms with van der Waals surface area (Å²) in [5.41, 5.74) is -4.93. The van der Waals surface area contributed by atoms with Gasteiger partial charge >= 0.3 is 0 Å². The third-order valence-corrected chi connectivity index (χ3v) is 11.2. The van der Waals surface area contributed by atoms with E-state index in [1.165, 1.54) is 0 Å². The molecule has 0 unspecified atom stereocenters. The van der Waals surface area contributed by atoms with Gasteiger partial charge in [0.25, 0.3) is 0 Å². The summed E-state index contributed by atoms with van der Waals surface area (Å²) >= 11 is 0. The molecule has 0 amide bonds. The molecule has 0 saturated carbocycles. The quantitative estimate of drug-likeness (QED) is 0.169. The predicted molar refractivity (Wildman–Crippen MR) is 261 cm³/mol. The van der Waals surface area contributed by atoms with Crippen molar-refractivity contribution < 1.29 is 50.8 Å². The second kappa shape index (κ2) is 16.9. The van der Waals surface area contributed by atoms with Gasteiger partial charge in [-0.1, -0.05) is 185 Å². The standard InChI is InChI=1S/C58H60N3O.Pt/c1-55(2,3)43-31-41(30-42(32-43)49-34-40(28-29-59-49)38-22-17-14-18-23-38)45-24-19-25-51-52(45)60-54(46-35-44(56(4,5)6)36-48(53(46)62)58(10,11)12)61(51)50-27-26-39(33-47(50)57(7,8)9)37-20-15-13-16-21-37;/h13-29,31-36,62H,1-12H3;/q-1;/i4D3,5D3,6D3,10D3,11D3,12D3;. The number of benzene rings is 6. The van der Waals surface area contributed by atoms with Gasteiger partial charge in [0.15, 0.2) is 0 Å². The first-order valence-corrected chi connectivity index (χ1v) is 20.4. The van der Waals surface area contributed by atoms with Crippen LogP contribution >= 0.6 is 0 Å². The number of imidazole rings is 1. The molecular weight excluding hydrogens is 950 g/mol. The van der Waals surface area contributed by atoms with E-state index >= 15 is 0 Å². The summed E-state index contributed by atoms with van der Waals surface area (Å²) < 4.78 is 159. The van der Waals surface area contributed by atoms with Gasteiger partial charge in [-0.2, -0.15) is 0 Å². The van der Waals surface area contributed by atoms with Crippen LogP contribution in [0.5, 0.6) is 5.75 Å². The topological polar surface area (TPSA) is 50.9 Å². The van der Waals surface area contributed by atoms with E-state index in [1.807, 2.05) is 139 Å². The molecule has 0 atom stereocenters. The summed E-state index contributed by atoms with van der Waals surface area (Å²) in [5, 5.41) is 13.0. The van der Waals surface area contributed by atoms with Crippen LogP contribution in [0.3, 0.4) is 0 Å². The minimum atomic E-state index is -4.13. The van der Waals surface area contributed by atoms with Crippen LogP contribution in [0.2, 0.25) is 0 Å². The van der Waals surface area contributed by atoms with E-state index in [4.69, 9.17) is 34.6 Å². The maximum Gasteiger partial charge on any atom is 0.148 e. The number of aromatic nitrogens is 3. The van der Waals surface area contributed by atoms with Gasteiger partial charge in [-0.05, 0) is 85.4 Å². The molecule has 63 heavy (non-hydrogen) atoms. The number of rotatable bonds is 6. The number of aromatic hydroxyl groups is 1. The average Bonchev–Trinajstić information content (AvgIpc) is 3.72. The fraction of sp³-hybridized carbons (Fsp3) is 0.276. The van der Waals surface area contributed by atoms with Gasteiger partial charge in [0.1, 0.15) is 11.6 Å². The van der Waals surface area contributed by atoms with E-state index < -0.39 is 91.0 Å². The third-order valence-electron chi connectivity index (χ3n) is 11.2. The van der Waals surface area contributed by atoms with E-state index in [9.17, 15) is 5.11 Å². The second-order valence-electron chi connectivity index (χ2n) is 18.0. The Morgan fingerprint density at radius 3 is 1.78 bits per heavy atom. The van der Waals surface area contributed by atoms with Crippen LogP contribution in [0.25, 0.3) is 72.7 Å². The van der Waals surface area contributed by atoms with Crippen LogP contribution in [-0.2, 0) is 42.7 Å². The molecule has 0 aliphatic carbocycles. The summed E-state index contributed by atoms with van der Waals surface area (Å²) in [6.45, 7) is -12.6. The van der Waals surface area contributed by atoms with Crippen molar-refractivity contribution in [2.24, 2.45) is 0 Å². The van der Waals surface area contributed by atoms with Gasteiger partial charge < -0.3 is 5.11 Å². The molecule has 324 valence electrons. The van der Waals surface area contributed by atoms with Gasteiger partial charge in [0.05, 0.1) is 22.3 Å². The Labute approximate surface area is 415 Å². The summed E-state index contributed by atoms with van der Waals surface area (Å²) in [6.07, 6.45) is 1.70.